The Kier molecular flexibility index (Phi) is 4.67. The Labute approximate surface area is 160 Å². The van der Waals surface area contributed by atoms with Crippen molar-refractivity contribution in [2.45, 2.75) is 31.7 Å². The molecule has 0 radical (unpaired) electrons. The second-order valence-electron chi connectivity index (χ2n) is 6.13. The number of aromatic nitrogens is 3. The number of hydrogen-bond donors (Lipinski definition) is 1. The van der Waals surface area contributed by atoms with Crippen LogP contribution in [-0.4, -0.2) is 21.0 Å². The molecule has 0 unspecified atom stereocenters. The van der Waals surface area contributed by atoms with Crippen molar-refractivity contribution in [3.63, 3.8) is 0 Å². The summed E-state index contributed by atoms with van der Waals surface area (Å²) in [4.78, 5) is 13.2. The standard InChI is InChI=1S/C18H15Cl3N4/c19-10-5-6-12(13(20)9-10)14-15(24-11-3-1-2-4-11)16-18(25-17(14)21)23-8-7-22-16/h5-9,11H,1-4H2,(H,23,24,25). The Morgan fingerprint density at radius 2 is 1.76 bits per heavy atom. The number of hydrogen-bond acceptors (Lipinski definition) is 4. The topological polar surface area (TPSA) is 50.7 Å². The van der Waals surface area contributed by atoms with Crippen LogP contribution in [-0.2, 0) is 0 Å². The molecule has 1 aliphatic carbocycles. The summed E-state index contributed by atoms with van der Waals surface area (Å²) >= 11 is 19.0. The van der Waals surface area contributed by atoms with Crippen LogP contribution in [0.15, 0.2) is 30.6 Å². The molecule has 3 aromatic rings. The Bertz CT molecular complexity index is 939. The largest absolute Gasteiger partial charge is 0.380 e. The predicted molar refractivity (Wildman–Crippen MR) is 104 cm³/mol. The molecule has 0 atom stereocenters. The molecule has 2 heterocycles. The minimum atomic E-state index is 0.345. The Morgan fingerprint density at radius 3 is 2.52 bits per heavy atom. The number of benzene rings is 1. The van der Waals surface area contributed by atoms with Gasteiger partial charge in [-0.1, -0.05) is 53.7 Å². The van der Waals surface area contributed by atoms with Crippen LogP contribution < -0.4 is 5.32 Å². The number of nitrogens with one attached hydrogen (secondary N) is 1. The number of pyridine rings is 1. The normalized spacial score (nSPS) is 15.0. The molecule has 1 aromatic carbocycles. The van der Waals surface area contributed by atoms with E-state index < -0.39 is 0 Å². The maximum atomic E-state index is 6.53. The molecule has 0 aliphatic heterocycles. The summed E-state index contributed by atoms with van der Waals surface area (Å²) in [7, 11) is 0. The van der Waals surface area contributed by atoms with Gasteiger partial charge in [-0.25, -0.2) is 15.0 Å². The lowest BCUT2D eigenvalue weighted by Crippen LogP contribution is -2.16. The summed E-state index contributed by atoms with van der Waals surface area (Å²) in [6.45, 7) is 0. The van der Waals surface area contributed by atoms with Crippen molar-refractivity contribution in [3.05, 3.63) is 45.8 Å². The summed E-state index contributed by atoms with van der Waals surface area (Å²) in [5, 5.41) is 5.06. The van der Waals surface area contributed by atoms with Gasteiger partial charge in [0.1, 0.15) is 10.7 Å². The summed E-state index contributed by atoms with van der Waals surface area (Å²) in [5.74, 6) is 0. The van der Waals surface area contributed by atoms with Crippen molar-refractivity contribution in [3.8, 4) is 11.1 Å². The van der Waals surface area contributed by atoms with E-state index in [-0.39, 0.29) is 0 Å². The molecule has 1 aliphatic rings. The highest BCUT2D eigenvalue weighted by Crippen LogP contribution is 2.42. The lowest BCUT2D eigenvalue weighted by atomic mass is 10.0. The molecule has 4 nitrogen and oxygen atoms in total. The van der Waals surface area contributed by atoms with E-state index in [0.717, 1.165) is 29.7 Å². The van der Waals surface area contributed by atoms with Crippen LogP contribution in [0.2, 0.25) is 15.2 Å². The zero-order chi connectivity index (χ0) is 17.4. The minimum absolute atomic E-state index is 0.345. The molecule has 1 saturated carbocycles. The van der Waals surface area contributed by atoms with Crippen LogP contribution in [0.5, 0.6) is 0 Å². The van der Waals surface area contributed by atoms with Gasteiger partial charge in [0.2, 0.25) is 0 Å². The van der Waals surface area contributed by atoms with Gasteiger partial charge >= 0.3 is 0 Å². The summed E-state index contributed by atoms with van der Waals surface area (Å²) in [6.07, 6.45) is 7.95. The van der Waals surface area contributed by atoms with Gasteiger partial charge < -0.3 is 5.32 Å². The van der Waals surface area contributed by atoms with Crippen molar-refractivity contribution in [2.75, 3.05) is 5.32 Å². The quantitative estimate of drug-likeness (QED) is 0.554. The van der Waals surface area contributed by atoms with E-state index in [0.29, 0.717) is 32.4 Å². The number of rotatable bonds is 3. The fourth-order valence-electron chi connectivity index (χ4n) is 3.31. The van der Waals surface area contributed by atoms with Crippen molar-refractivity contribution in [2.24, 2.45) is 0 Å². The van der Waals surface area contributed by atoms with Crippen LogP contribution in [0.1, 0.15) is 25.7 Å². The van der Waals surface area contributed by atoms with Crippen molar-refractivity contribution in [1.29, 1.82) is 0 Å². The van der Waals surface area contributed by atoms with E-state index in [4.69, 9.17) is 34.8 Å². The predicted octanol–water partition coefficient (Wildman–Crippen LogP) is 6.01. The second-order valence-corrected chi connectivity index (χ2v) is 7.33. The zero-order valence-electron chi connectivity index (χ0n) is 13.3. The van der Waals surface area contributed by atoms with Crippen molar-refractivity contribution >= 4 is 51.7 Å². The Hall–Kier alpha value is -1.62. The van der Waals surface area contributed by atoms with Gasteiger partial charge in [0.25, 0.3) is 0 Å². The average molecular weight is 394 g/mol. The van der Waals surface area contributed by atoms with E-state index in [1.807, 2.05) is 6.07 Å². The molecule has 1 N–H and O–H groups in total. The van der Waals surface area contributed by atoms with Gasteiger partial charge in [-0.2, -0.15) is 0 Å². The fourth-order valence-corrected chi connectivity index (χ4v) is 4.09. The molecule has 0 saturated heterocycles. The third-order valence-electron chi connectivity index (χ3n) is 4.48. The Balaban J connectivity index is 1.96. The second kappa shape index (κ2) is 6.94. The summed E-state index contributed by atoms with van der Waals surface area (Å²) in [5.41, 5.74) is 3.56. The lowest BCUT2D eigenvalue weighted by Gasteiger charge is -2.20. The van der Waals surface area contributed by atoms with Crippen LogP contribution in [0.25, 0.3) is 22.3 Å². The monoisotopic (exact) mass is 392 g/mol. The average Bonchev–Trinajstić information content (AvgIpc) is 3.09. The van der Waals surface area contributed by atoms with E-state index in [1.54, 1.807) is 24.5 Å². The zero-order valence-corrected chi connectivity index (χ0v) is 15.5. The van der Waals surface area contributed by atoms with Crippen molar-refractivity contribution in [1.82, 2.24) is 15.0 Å². The first-order valence-corrected chi connectivity index (χ1v) is 9.29. The van der Waals surface area contributed by atoms with Crippen LogP contribution in [0.3, 0.4) is 0 Å². The summed E-state index contributed by atoms with van der Waals surface area (Å²) < 4.78 is 0. The van der Waals surface area contributed by atoms with Crippen molar-refractivity contribution < 1.29 is 0 Å². The summed E-state index contributed by atoms with van der Waals surface area (Å²) in [6, 6.07) is 5.73. The highest BCUT2D eigenvalue weighted by atomic mass is 35.5. The first-order valence-electron chi connectivity index (χ1n) is 8.15. The van der Waals surface area contributed by atoms with Gasteiger partial charge in [0.15, 0.2) is 5.65 Å². The molecule has 7 heteroatoms. The van der Waals surface area contributed by atoms with Crippen LogP contribution in [0.4, 0.5) is 5.69 Å². The van der Waals surface area contributed by atoms with Gasteiger partial charge in [0, 0.05) is 34.6 Å². The molecule has 0 bridgehead atoms. The fraction of sp³-hybridized carbons (Fsp3) is 0.278. The lowest BCUT2D eigenvalue weighted by molar-refractivity contribution is 0.756. The molecule has 0 spiro atoms. The molecular weight excluding hydrogens is 379 g/mol. The molecule has 128 valence electrons. The van der Waals surface area contributed by atoms with E-state index in [9.17, 15) is 0 Å². The first-order chi connectivity index (χ1) is 12.1. The third-order valence-corrected chi connectivity index (χ3v) is 5.30. The smallest absolute Gasteiger partial charge is 0.181 e. The van der Waals surface area contributed by atoms with Crippen LogP contribution in [0, 0.1) is 0 Å². The van der Waals surface area contributed by atoms with Gasteiger partial charge in [-0.15, -0.1) is 0 Å². The SMILES string of the molecule is Clc1ccc(-c2c(Cl)nc3nccnc3c2NC2CCCC2)c(Cl)c1. The number of anilines is 1. The first kappa shape index (κ1) is 16.8. The van der Waals surface area contributed by atoms with E-state index >= 15 is 0 Å². The highest BCUT2D eigenvalue weighted by molar-refractivity contribution is 6.38. The molecular formula is C18H15Cl3N4. The van der Waals surface area contributed by atoms with E-state index in [2.05, 4.69) is 20.3 Å². The van der Waals surface area contributed by atoms with E-state index in [1.165, 1.54) is 12.8 Å². The van der Waals surface area contributed by atoms with Crippen LogP contribution >= 0.6 is 34.8 Å². The molecule has 2 aromatic heterocycles. The Morgan fingerprint density at radius 1 is 1.00 bits per heavy atom. The maximum Gasteiger partial charge on any atom is 0.181 e. The minimum Gasteiger partial charge on any atom is -0.380 e. The van der Waals surface area contributed by atoms with Gasteiger partial charge in [-0.05, 0) is 25.0 Å². The highest BCUT2D eigenvalue weighted by Gasteiger charge is 2.23. The number of nitrogens with zero attached hydrogens (tertiary/aromatic N) is 3. The molecule has 4 rings (SSSR count). The maximum absolute atomic E-state index is 6.53. The van der Waals surface area contributed by atoms with Gasteiger partial charge in [0.05, 0.1) is 10.7 Å². The number of fused-ring (bicyclic) bond motifs is 1. The van der Waals surface area contributed by atoms with Gasteiger partial charge in [-0.3, -0.25) is 0 Å². The third kappa shape index (κ3) is 3.26. The molecule has 1 fully saturated rings. The molecule has 0 amide bonds. The molecule has 25 heavy (non-hydrogen) atoms. The number of halogens is 3.